The van der Waals surface area contributed by atoms with Gasteiger partial charge in [-0.2, -0.15) is 5.10 Å². The molecule has 0 radical (unpaired) electrons. The molecule has 21 heavy (non-hydrogen) atoms. The minimum atomic E-state index is 0.0388. The van der Waals surface area contributed by atoms with Gasteiger partial charge < -0.3 is 4.90 Å². The molecule has 0 spiro atoms. The molecule has 110 valence electrons. The Labute approximate surface area is 129 Å². The van der Waals surface area contributed by atoms with E-state index in [1.807, 2.05) is 48.0 Å². The number of para-hydroxylation sites is 1. The van der Waals surface area contributed by atoms with Gasteiger partial charge in [-0.15, -0.1) is 11.8 Å². The van der Waals surface area contributed by atoms with Crippen LogP contribution in [0.15, 0.2) is 41.6 Å². The van der Waals surface area contributed by atoms with E-state index in [1.165, 1.54) is 4.90 Å². The van der Waals surface area contributed by atoms with Gasteiger partial charge in [-0.1, -0.05) is 19.1 Å². The number of carbonyl (C=O) groups excluding carboxylic acids is 1. The molecule has 0 N–H and O–H groups in total. The standard InChI is InChI=1S/C16H19N3OS/c1-3-18-11-13(10-17-18)16(20)19-9-8-12(2)21-15-7-5-4-6-14(15)19/h4-7,10-12H,3,8-9H2,1-2H3. The molecular weight excluding hydrogens is 282 g/mol. The van der Waals surface area contributed by atoms with Gasteiger partial charge in [-0.05, 0) is 25.5 Å². The van der Waals surface area contributed by atoms with Gasteiger partial charge in [-0.25, -0.2) is 0 Å². The third kappa shape index (κ3) is 2.83. The van der Waals surface area contributed by atoms with E-state index in [0.29, 0.717) is 10.8 Å². The van der Waals surface area contributed by atoms with Crippen LogP contribution in [0.5, 0.6) is 0 Å². The fraction of sp³-hybridized carbons (Fsp3) is 0.375. The molecule has 0 saturated heterocycles. The molecule has 1 atom stereocenters. The lowest BCUT2D eigenvalue weighted by Gasteiger charge is -2.21. The molecule has 1 aliphatic heterocycles. The van der Waals surface area contributed by atoms with Crippen LogP contribution in [0.4, 0.5) is 5.69 Å². The van der Waals surface area contributed by atoms with Crippen LogP contribution >= 0.6 is 11.8 Å². The van der Waals surface area contributed by atoms with Crippen LogP contribution in [0.2, 0.25) is 0 Å². The van der Waals surface area contributed by atoms with Gasteiger partial charge in [0.25, 0.3) is 5.91 Å². The summed E-state index contributed by atoms with van der Waals surface area (Å²) in [5, 5.41) is 4.72. The summed E-state index contributed by atoms with van der Waals surface area (Å²) in [7, 11) is 0. The van der Waals surface area contributed by atoms with E-state index in [2.05, 4.69) is 18.1 Å². The molecule has 0 saturated carbocycles. The predicted octanol–water partition coefficient (Wildman–Crippen LogP) is 3.43. The lowest BCUT2D eigenvalue weighted by molar-refractivity contribution is 0.0986. The maximum atomic E-state index is 12.8. The number of amides is 1. The molecule has 2 aromatic rings. The first kappa shape index (κ1) is 14.2. The fourth-order valence-electron chi connectivity index (χ4n) is 2.50. The highest BCUT2D eigenvalue weighted by Crippen LogP contribution is 2.37. The number of rotatable bonds is 2. The molecule has 0 aliphatic carbocycles. The van der Waals surface area contributed by atoms with Gasteiger partial charge in [0.1, 0.15) is 0 Å². The highest BCUT2D eigenvalue weighted by Gasteiger charge is 2.25. The van der Waals surface area contributed by atoms with Crippen LogP contribution in [0.25, 0.3) is 0 Å². The molecule has 2 heterocycles. The zero-order valence-electron chi connectivity index (χ0n) is 12.3. The number of benzene rings is 1. The van der Waals surface area contributed by atoms with Crippen LogP contribution in [0.1, 0.15) is 30.6 Å². The summed E-state index contributed by atoms with van der Waals surface area (Å²) in [5.41, 5.74) is 1.67. The molecule has 5 heteroatoms. The Balaban J connectivity index is 1.95. The van der Waals surface area contributed by atoms with E-state index in [1.54, 1.807) is 10.9 Å². The summed E-state index contributed by atoms with van der Waals surface area (Å²) in [6, 6.07) is 8.15. The van der Waals surface area contributed by atoms with E-state index >= 15 is 0 Å². The molecule has 3 rings (SSSR count). The van der Waals surface area contributed by atoms with Crippen LogP contribution in [-0.2, 0) is 6.54 Å². The van der Waals surface area contributed by atoms with Crippen molar-refractivity contribution in [3.05, 3.63) is 42.2 Å². The van der Waals surface area contributed by atoms with Gasteiger partial charge in [0, 0.05) is 29.4 Å². The number of thioether (sulfide) groups is 1. The number of anilines is 1. The van der Waals surface area contributed by atoms with Gasteiger partial charge in [-0.3, -0.25) is 9.48 Å². The summed E-state index contributed by atoms with van der Waals surface area (Å²) in [6.45, 7) is 5.75. The van der Waals surface area contributed by atoms with Crippen molar-refractivity contribution < 1.29 is 4.79 Å². The summed E-state index contributed by atoms with van der Waals surface area (Å²) in [4.78, 5) is 15.9. The monoisotopic (exact) mass is 301 g/mol. The average Bonchev–Trinajstić information content (AvgIpc) is 2.91. The Morgan fingerprint density at radius 3 is 3.00 bits per heavy atom. The Kier molecular flexibility index (Phi) is 4.01. The number of aromatic nitrogens is 2. The van der Waals surface area contributed by atoms with Crippen molar-refractivity contribution in [1.82, 2.24) is 9.78 Å². The first-order valence-corrected chi connectivity index (χ1v) is 8.17. The molecule has 1 aliphatic rings. The third-order valence-corrected chi connectivity index (χ3v) is 4.93. The molecule has 1 aromatic heterocycles. The van der Waals surface area contributed by atoms with Gasteiger partial charge >= 0.3 is 0 Å². The Morgan fingerprint density at radius 2 is 2.24 bits per heavy atom. The number of carbonyl (C=O) groups is 1. The smallest absolute Gasteiger partial charge is 0.261 e. The lowest BCUT2D eigenvalue weighted by atomic mass is 10.2. The van der Waals surface area contributed by atoms with E-state index in [-0.39, 0.29) is 5.91 Å². The molecule has 1 amide bonds. The summed E-state index contributed by atoms with van der Waals surface area (Å²) in [6.07, 6.45) is 4.48. The van der Waals surface area contributed by atoms with Crippen molar-refractivity contribution in [2.24, 2.45) is 0 Å². The number of aryl methyl sites for hydroxylation is 1. The molecule has 0 fully saturated rings. The summed E-state index contributed by atoms with van der Waals surface area (Å²) in [5.74, 6) is 0.0388. The van der Waals surface area contributed by atoms with Crippen molar-refractivity contribution in [1.29, 1.82) is 0 Å². The Bertz CT molecular complexity index is 652. The Hall–Kier alpha value is -1.75. The van der Waals surface area contributed by atoms with E-state index in [4.69, 9.17) is 0 Å². The molecule has 4 nitrogen and oxygen atoms in total. The fourth-order valence-corrected chi connectivity index (χ4v) is 3.61. The van der Waals surface area contributed by atoms with Gasteiger partial charge in [0.2, 0.25) is 0 Å². The first-order chi connectivity index (χ1) is 10.2. The van der Waals surface area contributed by atoms with E-state index in [9.17, 15) is 4.79 Å². The molecule has 1 unspecified atom stereocenters. The SMILES string of the molecule is CCn1cc(C(=O)N2CCC(C)Sc3ccccc32)cn1. The van der Waals surface area contributed by atoms with Crippen molar-refractivity contribution in [2.45, 2.75) is 37.0 Å². The highest BCUT2D eigenvalue weighted by atomic mass is 32.2. The zero-order chi connectivity index (χ0) is 14.8. The average molecular weight is 301 g/mol. The number of nitrogens with zero attached hydrogens (tertiary/aromatic N) is 3. The predicted molar refractivity (Wildman–Crippen MR) is 86.0 cm³/mol. The van der Waals surface area contributed by atoms with Crippen molar-refractivity contribution in [3.63, 3.8) is 0 Å². The van der Waals surface area contributed by atoms with Gasteiger partial charge in [0.15, 0.2) is 0 Å². The van der Waals surface area contributed by atoms with Crippen LogP contribution < -0.4 is 4.90 Å². The number of fused-ring (bicyclic) bond motifs is 1. The van der Waals surface area contributed by atoms with Crippen molar-refractivity contribution in [3.8, 4) is 0 Å². The zero-order valence-corrected chi connectivity index (χ0v) is 13.1. The normalized spacial score (nSPS) is 18.2. The largest absolute Gasteiger partial charge is 0.307 e. The molecule has 1 aromatic carbocycles. The summed E-state index contributed by atoms with van der Waals surface area (Å²) >= 11 is 1.84. The molecular formula is C16H19N3OS. The lowest BCUT2D eigenvalue weighted by Crippen LogP contribution is -2.32. The van der Waals surface area contributed by atoms with E-state index in [0.717, 1.165) is 25.2 Å². The second-order valence-corrected chi connectivity index (χ2v) is 6.71. The minimum absolute atomic E-state index is 0.0388. The van der Waals surface area contributed by atoms with Crippen LogP contribution in [0.3, 0.4) is 0 Å². The van der Waals surface area contributed by atoms with E-state index < -0.39 is 0 Å². The van der Waals surface area contributed by atoms with Gasteiger partial charge in [0.05, 0.1) is 17.4 Å². The highest BCUT2D eigenvalue weighted by molar-refractivity contribution is 8.00. The first-order valence-electron chi connectivity index (χ1n) is 7.29. The van der Waals surface area contributed by atoms with Crippen LogP contribution in [-0.4, -0.2) is 27.5 Å². The quantitative estimate of drug-likeness (QED) is 0.853. The maximum Gasteiger partial charge on any atom is 0.261 e. The third-order valence-electron chi connectivity index (χ3n) is 3.69. The second kappa shape index (κ2) is 5.93. The number of hydrogen-bond donors (Lipinski definition) is 0. The van der Waals surface area contributed by atoms with Crippen LogP contribution in [0, 0.1) is 0 Å². The second-order valence-electron chi connectivity index (χ2n) is 5.23. The number of hydrogen-bond acceptors (Lipinski definition) is 3. The van der Waals surface area contributed by atoms with Crippen molar-refractivity contribution >= 4 is 23.4 Å². The summed E-state index contributed by atoms with van der Waals surface area (Å²) < 4.78 is 1.79. The minimum Gasteiger partial charge on any atom is -0.307 e. The maximum absolute atomic E-state index is 12.8. The van der Waals surface area contributed by atoms with Crippen molar-refractivity contribution in [2.75, 3.05) is 11.4 Å². The molecule has 0 bridgehead atoms. The topological polar surface area (TPSA) is 38.1 Å². The Morgan fingerprint density at radius 1 is 1.43 bits per heavy atom.